The van der Waals surface area contributed by atoms with Gasteiger partial charge in [-0.2, -0.15) is 5.10 Å². The quantitative estimate of drug-likeness (QED) is 0.394. The molecule has 1 heterocycles. The Bertz CT molecular complexity index is 1210. The summed E-state index contributed by atoms with van der Waals surface area (Å²) < 4.78 is 57.7. The number of aromatic nitrogens is 2. The molecule has 0 aliphatic rings. The van der Waals surface area contributed by atoms with Crippen molar-refractivity contribution in [2.75, 3.05) is 24.8 Å². The summed E-state index contributed by atoms with van der Waals surface area (Å²) in [6, 6.07) is 9.31. The van der Waals surface area contributed by atoms with Gasteiger partial charge in [0.05, 0.1) is 17.1 Å². The molecule has 0 aliphatic heterocycles. The third-order valence-electron chi connectivity index (χ3n) is 5.15. The second kappa shape index (κ2) is 8.20. The van der Waals surface area contributed by atoms with Gasteiger partial charge in [-0.05, 0) is 50.4 Å². The van der Waals surface area contributed by atoms with Crippen molar-refractivity contribution in [3.05, 3.63) is 47.7 Å². The highest BCUT2D eigenvalue weighted by Crippen LogP contribution is 2.41. The summed E-state index contributed by atoms with van der Waals surface area (Å²) in [5.74, 6) is -0.482. The normalized spacial score (nSPS) is 12.4. The zero-order valence-corrected chi connectivity index (χ0v) is 19.4. The van der Waals surface area contributed by atoms with Gasteiger partial charge in [-0.1, -0.05) is 26.0 Å². The van der Waals surface area contributed by atoms with Gasteiger partial charge in [-0.3, -0.25) is 0 Å². The first-order valence-corrected chi connectivity index (χ1v) is 12.5. The molecule has 2 aromatic carbocycles. The van der Waals surface area contributed by atoms with Gasteiger partial charge in [-0.15, -0.1) is 13.2 Å². The molecule has 3 rings (SSSR count). The molecule has 10 heteroatoms. The molecule has 1 aromatic heterocycles. The van der Waals surface area contributed by atoms with E-state index in [1.54, 1.807) is 25.1 Å². The standard InChI is InChI=1S/C22H26F3N4O2P/c1-12(2)19-13(3)29(28-21(19)15-7-6-8-16(26)20(15)27)17-10-9-14(32(4,5)30)11-18(17)31-22(23,24)25/h6-12H,26-27H2,1-5H3. The Morgan fingerprint density at radius 1 is 1.12 bits per heavy atom. The topological polar surface area (TPSA) is 96.2 Å². The second-order valence-corrected chi connectivity index (χ2v) is 11.5. The number of nitrogens with zero attached hydrogens (tertiary/aromatic N) is 2. The van der Waals surface area contributed by atoms with Gasteiger partial charge in [0.25, 0.3) is 0 Å². The number of alkyl halides is 3. The van der Waals surface area contributed by atoms with Crippen molar-refractivity contribution in [2.24, 2.45) is 0 Å². The molecule has 0 bridgehead atoms. The van der Waals surface area contributed by atoms with Crippen molar-refractivity contribution < 1.29 is 22.5 Å². The molecular formula is C22H26F3N4O2P. The number of rotatable bonds is 5. The van der Waals surface area contributed by atoms with E-state index in [2.05, 4.69) is 9.84 Å². The number of nitrogen functional groups attached to an aromatic ring is 2. The molecule has 0 amide bonds. The minimum Gasteiger partial charge on any atom is -0.403 e. The smallest absolute Gasteiger partial charge is 0.403 e. The highest BCUT2D eigenvalue weighted by Gasteiger charge is 2.34. The molecule has 0 spiro atoms. The van der Waals surface area contributed by atoms with E-state index in [0.717, 1.165) is 11.6 Å². The fraction of sp³-hybridized carbons (Fsp3) is 0.318. The average Bonchev–Trinajstić information content (AvgIpc) is 2.99. The molecule has 3 aromatic rings. The van der Waals surface area contributed by atoms with Crippen LogP contribution in [0.2, 0.25) is 0 Å². The van der Waals surface area contributed by atoms with Crippen molar-refractivity contribution in [1.29, 1.82) is 0 Å². The fourth-order valence-electron chi connectivity index (χ4n) is 3.65. The van der Waals surface area contributed by atoms with Crippen LogP contribution in [-0.2, 0) is 4.57 Å². The van der Waals surface area contributed by atoms with E-state index < -0.39 is 19.3 Å². The molecule has 4 N–H and O–H groups in total. The maximum atomic E-state index is 13.2. The first kappa shape index (κ1) is 23.7. The van der Waals surface area contributed by atoms with Gasteiger partial charge in [0.15, 0.2) is 5.75 Å². The maximum Gasteiger partial charge on any atom is 0.573 e. The van der Waals surface area contributed by atoms with Crippen LogP contribution in [0.25, 0.3) is 16.9 Å². The van der Waals surface area contributed by atoms with E-state index in [-0.39, 0.29) is 16.9 Å². The molecule has 172 valence electrons. The molecule has 0 fully saturated rings. The van der Waals surface area contributed by atoms with E-state index in [9.17, 15) is 17.7 Å². The van der Waals surface area contributed by atoms with Crippen LogP contribution < -0.4 is 21.5 Å². The lowest BCUT2D eigenvalue weighted by Crippen LogP contribution is -2.20. The number of halogens is 3. The molecule has 0 aliphatic carbocycles. The van der Waals surface area contributed by atoms with Crippen LogP contribution >= 0.6 is 7.14 Å². The lowest BCUT2D eigenvalue weighted by atomic mass is 9.96. The van der Waals surface area contributed by atoms with E-state index in [1.165, 1.54) is 30.1 Å². The lowest BCUT2D eigenvalue weighted by Gasteiger charge is -2.17. The monoisotopic (exact) mass is 466 g/mol. The Morgan fingerprint density at radius 2 is 1.78 bits per heavy atom. The van der Waals surface area contributed by atoms with Crippen LogP contribution in [0, 0.1) is 6.92 Å². The Balaban J connectivity index is 2.31. The number of nitrogens with two attached hydrogens (primary N) is 2. The van der Waals surface area contributed by atoms with Crippen molar-refractivity contribution in [3.8, 4) is 22.7 Å². The van der Waals surface area contributed by atoms with Crippen molar-refractivity contribution in [1.82, 2.24) is 9.78 Å². The molecule has 0 radical (unpaired) electrons. The second-order valence-electron chi connectivity index (χ2n) is 8.27. The number of ether oxygens (including phenoxy) is 1. The van der Waals surface area contributed by atoms with Gasteiger partial charge in [0, 0.05) is 22.1 Å². The summed E-state index contributed by atoms with van der Waals surface area (Å²) in [5.41, 5.74) is 15.5. The van der Waals surface area contributed by atoms with Crippen molar-refractivity contribution in [2.45, 2.75) is 33.1 Å². The molecule has 0 saturated heterocycles. The highest BCUT2D eigenvalue weighted by atomic mass is 31.2. The van der Waals surface area contributed by atoms with Gasteiger partial charge in [0.2, 0.25) is 0 Å². The zero-order valence-electron chi connectivity index (χ0n) is 18.5. The van der Waals surface area contributed by atoms with Crippen LogP contribution in [0.1, 0.15) is 31.0 Å². The zero-order chi connectivity index (χ0) is 24.0. The van der Waals surface area contributed by atoms with Crippen molar-refractivity contribution in [3.63, 3.8) is 0 Å². The fourth-order valence-corrected chi connectivity index (χ4v) is 4.51. The first-order valence-electron chi connectivity index (χ1n) is 9.90. The minimum absolute atomic E-state index is 0.00246. The van der Waals surface area contributed by atoms with Gasteiger partial charge in [-0.25, -0.2) is 4.68 Å². The summed E-state index contributed by atoms with van der Waals surface area (Å²) in [4.78, 5) is 0. The van der Waals surface area contributed by atoms with Crippen molar-refractivity contribution >= 4 is 23.8 Å². The Kier molecular flexibility index (Phi) is 6.08. The third-order valence-corrected chi connectivity index (χ3v) is 6.68. The van der Waals surface area contributed by atoms with Gasteiger partial charge < -0.3 is 20.8 Å². The van der Waals surface area contributed by atoms with Gasteiger partial charge >= 0.3 is 6.36 Å². The average molecular weight is 466 g/mol. The number of para-hydroxylation sites is 1. The van der Waals surface area contributed by atoms with E-state index in [1.807, 2.05) is 13.8 Å². The third kappa shape index (κ3) is 4.63. The number of hydrogen-bond donors (Lipinski definition) is 2. The van der Waals surface area contributed by atoms with Gasteiger partial charge in [0.1, 0.15) is 12.8 Å². The van der Waals surface area contributed by atoms with Crippen LogP contribution in [0.3, 0.4) is 0 Å². The summed E-state index contributed by atoms with van der Waals surface area (Å²) in [6.07, 6.45) is -4.93. The predicted octanol–water partition coefficient (Wildman–Crippen LogP) is 5.28. The number of hydrogen-bond acceptors (Lipinski definition) is 5. The summed E-state index contributed by atoms with van der Waals surface area (Å²) in [6.45, 7) is 8.65. The number of anilines is 2. The summed E-state index contributed by atoms with van der Waals surface area (Å²) in [5, 5.41) is 4.89. The lowest BCUT2D eigenvalue weighted by molar-refractivity contribution is -0.274. The van der Waals surface area contributed by atoms with Crippen LogP contribution in [0.4, 0.5) is 24.5 Å². The first-order chi connectivity index (χ1) is 14.7. The molecule has 0 saturated carbocycles. The molecule has 0 unspecified atom stereocenters. The largest absolute Gasteiger partial charge is 0.573 e. The van der Waals surface area contributed by atoms with Crippen LogP contribution in [0.15, 0.2) is 36.4 Å². The Hall–Kier alpha value is -2.93. The molecule has 32 heavy (non-hydrogen) atoms. The Morgan fingerprint density at radius 3 is 2.34 bits per heavy atom. The predicted molar refractivity (Wildman–Crippen MR) is 122 cm³/mol. The van der Waals surface area contributed by atoms with Crippen LogP contribution in [-0.4, -0.2) is 29.5 Å². The molecule has 6 nitrogen and oxygen atoms in total. The number of benzene rings is 2. The van der Waals surface area contributed by atoms with E-state index in [4.69, 9.17) is 11.5 Å². The maximum absolute atomic E-state index is 13.2. The highest BCUT2D eigenvalue weighted by molar-refractivity contribution is 7.70. The summed E-state index contributed by atoms with van der Waals surface area (Å²) in [7, 11) is -2.82. The van der Waals surface area contributed by atoms with Crippen LogP contribution in [0.5, 0.6) is 5.75 Å². The van der Waals surface area contributed by atoms with E-state index >= 15 is 0 Å². The SMILES string of the molecule is Cc1c(C(C)C)c(-c2cccc(N)c2N)nn1-c1ccc(P(C)(C)=O)cc1OC(F)(F)F. The Labute approximate surface area is 184 Å². The molecular weight excluding hydrogens is 440 g/mol. The minimum atomic E-state index is -4.93. The molecule has 0 atom stereocenters. The summed E-state index contributed by atoms with van der Waals surface area (Å²) >= 11 is 0. The van der Waals surface area contributed by atoms with E-state index in [0.29, 0.717) is 28.3 Å².